The van der Waals surface area contributed by atoms with E-state index in [4.69, 9.17) is 0 Å². The molecule has 2 nitrogen and oxygen atoms in total. The number of thioether (sulfide) groups is 1. The zero-order valence-corrected chi connectivity index (χ0v) is 8.53. The lowest BCUT2D eigenvalue weighted by molar-refractivity contribution is 0.963. The highest BCUT2D eigenvalue weighted by Crippen LogP contribution is 2.02. The van der Waals surface area contributed by atoms with E-state index >= 15 is 0 Å². The van der Waals surface area contributed by atoms with Gasteiger partial charge in [-0.1, -0.05) is 18.7 Å². The summed E-state index contributed by atoms with van der Waals surface area (Å²) in [5.74, 6) is 1.12. The molecule has 1 aliphatic rings. The maximum absolute atomic E-state index is 4.19. The third kappa shape index (κ3) is 3.30. The van der Waals surface area contributed by atoms with Gasteiger partial charge in [0.25, 0.3) is 0 Å². The minimum atomic E-state index is 0. The van der Waals surface area contributed by atoms with E-state index in [-0.39, 0.29) is 24.0 Å². The molecule has 0 aliphatic carbocycles. The van der Waals surface area contributed by atoms with E-state index in [0.717, 1.165) is 24.0 Å². The van der Waals surface area contributed by atoms with Crippen LogP contribution in [-0.4, -0.2) is 24.0 Å². The Balaban J connectivity index is 0.000000640. The first-order chi connectivity index (χ1) is 3.93. The van der Waals surface area contributed by atoms with Gasteiger partial charge in [0.1, 0.15) is 0 Å². The SMILES string of the molecule is CCSC1=NCCN1.I. The fraction of sp³-hybridized carbons (Fsp3) is 0.800. The maximum atomic E-state index is 4.19. The molecule has 0 aromatic carbocycles. The van der Waals surface area contributed by atoms with Crippen molar-refractivity contribution in [1.82, 2.24) is 5.32 Å². The quantitative estimate of drug-likeness (QED) is 0.717. The van der Waals surface area contributed by atoms with Crippen molar-refractivity contribution in [3.63, 3.8) is 0 Å². The van der Waals surface area contributed by atoms with Gasteiger partial charge in [-0.05, 0) is 5.75 Å². The molecule has 1 heterocycles. The van der Waals surface area contributed by atoms with Gasteiger partial charge in [0.05, 0.1) is 6.54 Å². The summed E-state index contributed by atoms with van der Waals surface area (Å²) in [6, 6.07) is 0. The molecule has 1 N–H and O–H groups in total. The molecule has 0 aromatic rings. The van der Waals surface area contributed by atoms with Crippen molar-refractivity contribution in [1.29, 1.82) is 0 Å². The summed E-state index contributed by atoms with van der Waals surface area (Å²) in [6.45, 7) is 4.12. The second kappa shape index (κ2) is 5.34. The van der Waals surface area contributed by atoms with Crippen LogP contribution >= 0.6 is 35.7 Å². The lowest BCUT2D eigenvalue weighted by Crippen LogP contribution is -2.14. The Kier molecular flexibility index (Phi) is 5.67. The Morgan fingerprint density at radius 1 is 1.78 bits per heavy atom. The van der Waals surface area contributed by atoms with E-state index in [1.165, 1.54) is 0 Å². The Hall–Kier alpha value is 0.550. The number of hydrogen-bond donors (Lipinski definition) is 1. The molecule has 0 spiro atoms. The van der Waals surface area contributed by atoms with Gasteiger partial charge < -0.3 is 5.32 Å². The molecule has 0 radical (unpaired) electrons. The molecular formula is C5H11IN2S. The van der Waals surface area contributed by atoms with Crippen LogP contribution in [0.5, 0.6) is 0 Å². The van der Waals surface area contributed by atoms with Gasteiger partial charge in [0.15, 0.2) is 5.17 Å². The molecule has 4 heteroatoms. The molecule has 0 fully saturated rings. The third-order valence-corrected chi connectivity index (χ3v) is 1.76. The van der Waals surface area contributed by atoms with Crippen LogP contribution in [0.2, 0.25) is 0 Å². The largest absolute Gasteiger partial charge is 0.363 e. The summed E-state index contributed by atoms with van der Waals surface area (Å²) in [7, 11) is 0. The van der Waals surface area contributed by atoms with Gasteiger partial charge in [-0.2, -0.15) is 0 Å². The zero-order valence-electron chi connectivity index (χ0n) is 5.39. The van der Waals surface area contributed by atoms with Crippen LogP contribution in [-0.2, 0) is 0 Å². The van der Waals surface area contributed by atoms with Crippen molar-refractivity contribution in [3.8, 4) is 0 Å². The van der Waals surface area contributed by atoms with Crippen molar-refractivity contribution >= 4 is 40.9 Å². The second-order valence-electron chi connectivity index (χ2n) is 1.55. The molecule has 0 amide bonds. The number of aliphatic imine (C=N–C) groups is 1. The summed E-state index contributed by atoms with van der Waals surface area (Å²) in [6.07, 6.45) is 0. The van der Waals surface area contributed by atoms with Crippen LogP contribution < -0.4 is 5.32 Å². The van der Waals surface area contributed by atoms with Gasteiger partial charge in [-0.25, -0.2) is 0 Å². The number of nitrogens with one attached hydrogen (secondary N) is 1. The Labute approximate surface area is 76.9 Å². The lowest BCUT2D eigenvalue weighted by Gasteiger charge is -1.94. The van der Waals surface area contributed by atoms with Crippen molar-refractivity contribution in [2.45, 2.75) is 6.92 Å². The molecule has 0 bridgehead atoms. The molecule has 9 heavy (non-hydrogen) atoms. The first-order valence-corrected chi connectivity index (χ1v) is 3.83. The number of nitrogens with zero attached hydrogens (tertiary/aromatic N) is 1. The smallest absolute Gasteiger partial charge is 0.156 e. The Morgan fingerprint density at radius 2 is 2.56 bits per heavy atom. The van der Waals surface area contributed by atoms with Crippen LogP contribution in [0.3, 0.4) is 0 Å². The fourth-order valence-electron chi connectivity index (χ4n) is 0.610. The van der Waals surface area contributed by atoms with Crippen molar-refractivity contribution < 1.29 is 0 Å². The summed E-state index contributed by atoms with van der Waals surface area (Å²) >= 11 is 1.78. The molecule has 1 rings (SSSR count). The standard InChI is InChI=1S/C5H10N2S.HI/c1-2-8-5-6-3-4-7-5;/h2-4H2,1H3,(H,6,7);1H. The van der Waals surface area contributed by atoms with Gasteiger partial charge in [-0.3, -0.25) is 4.99 Å². The minimum Gasteiger partial charge on any atom is -0.363 e. The molecular weight excluding hydrogens is 247 g/mol. The zero-order chi connectivity index (χ0) is 5.82. The Morgan fingerprint density at radius 3 is 3.00 bits per heavy atom. The summed E-state index contributed by atoms with van der Waals surface area (Å²) in [4.78, 5) is 4.19. The summed E-state index contributed by atoms with van der Waals surface area (Å²) < 4.78 is 0. The first-order valence-electron chi connectivity index (χ1n) is 2.84. The van der Waals surface area contributed by atoms with E-state index in [1.54, 1.807) is 11.8 Å². The van der Waals surface area contributed by atoms with Gasteiger partial charge >= 0.3 is 0 Å². The normalized spacial score (nSPS) is 15.9. The van der Waals surface area contributed by atoms with Crippen LogP contribution in [0.15, 0.2) is 4.99 Å². The van der Waals surface area contributed by atoms with Crippen molar-refractivity contribution in [2.24, 2.45) is 4.99 Å². The van der Waals surface area contributed by atoms with Gasteiger partial charge in [0.2, 0.25) is 0 Å². The predicted molar refractivity (Wildman–Crippen MR) is 53.9 cm³/mol. The average Bonchev–Trinajstić information content (AvgIpc) is 2.19. The van der Waals surface area contributed by atoms with Gasteiger partial charge in [0, 0.05) is 6.54 Å². The minimum absolute atomic E-state index is 0. The molecule has 0 aromatic heterocycles. The van der Waals surface area contributed by atoms with E-state index in [2.05, 4.69) is 17.2 Å². The molecule has 0 saturated heterocycles. The summed E-state index contributed by atoms with van der Waals surface area (Å²) in [5.41, 5.74) is 0. The van der Waals surface area contributed by atoms with Crippen LogP contribution in [0, 0.1) is 0 Å². The molecule has 0 saturated carbocycles. The van der Waals surface area contributed by atoms with Crippen LogP contribution in [0.1, 0.15) is 6.92 Å². The van der Waals surface area contributed by atoms with Crippen molar-refractivity contribution in [2.75, 3.05) is 18.8 Å². The highest BCUT2D eigenvalue weighted by molar-refractivity contribution is 14.0. The number of hydrogen-bond acceptors (Lipinski definition) is 3. The monoisotopic (exact) mass is 258 g/mol. The lowest BCUT2D eigenvalue weighted by atomic mass is 10.7. The fourth-order valence-corrected chi connectivity index (χ4v) is 1.27. The molecule has 1 aliphatic heterocycles. The van der Waals surface area contributed by atoms with Crippen LogP contribution in [0.25, 0.3) is 0 Å². The maximum Gasteiger partial charge on any atom is 0.156 e. The van der Waals surface area contributed by atoms with E-state index in [1.807, 2.05) is 0 Å². The number of halogens is 1. The highest BCUT2D eigenvalue weighted by atomic mass is 127. The van der Waals surface area contributed by atoms with E-state index < -0.39 is 0 Å². The number of rotatable bonds is 1. The predicted octanol–water partition coefficient (Wildman–Crippen LogP) is 1.32. The average molecular weight is 258 g/mol. The van der Waals surface area contributed by atoms with E-state index in [9.17, 15) is 0 Å². The Bertz CT molecular complexity index is 105. The highest BCUT2D eigenvalue weighted by Gasteiger charge is 2.01. The first kappa shape index (κ1) is 9.55. The third-order valence-electron chi connectivity index (χ3n) is 0.924. The molecule has 54 valence electrons. The molecule has 0 unspecified atom stereocenters. The van der Waals surface area contributed by atoms with Gasteiger partial charge in [-0.15, -0.1) is 24.0 Å². The van der Waals surface area contributed by atoms with Crippen molar-refractivity contribution in [3.05, 3.63) is 0 Å². The molecule has 0 atom stereocenters. The second-order valence-corrected chi connectivity index (χ2v) is 2.80. The van der Waals surface area contributed by atoms with Crippen LogP contribution in [0.4, 0.5) is 0 Å². The van der Waals surface area contributed by atoms with E-state index in [0.29, 0.717) is 0 Å². The summed E-state index contributed by atoms with van der Waals surface area (Å²) in [5, 5.41) is 4.29. The topological polar surface area (TPSA) is 24.4 Å². The number of amidine groups is 1.